The first-order valence-corrected chi connectivity index (χ1v) is 7.53. The lowest BCUT2D eigenvalue weighted by atomic mass is 9.68. The minimum absolute atomic E-state index is 0.114. The van der Waals surface area contributed by atoms with Gasteiger partial charge in [0, 0.05) is 13.0 Å². The van der Waals surface area contributed by atoms with E-state index in [-0.39, 0.29) is 23.1 Å². The van der Waals surface area contributed by atoms with Gasteiger partial charge in [-0.2, -0.15) is 5.01 Å². The summed E-state index contributed by atoms with van der Waals surface area (Å²) < 4.78 is 0. The van der Waals surface area contributed by atoms with Crippen molar-refractivity contribution in [1.29, 1.82) is 0 Å². The van der Waals surface area contributed by atoms with Gasteiger partial charge in [-0.1, -0.05) is 20.8 Å². The van der Waals surface area contributed by atoms with E-state index in [1.165, 1.54) is 4.90 Å². The Morgan fingerprint density at radius 1 is 1.24 bits per heavy atom. The van der Waals surface area contributed by atoms with Crippen molar-refractivity contribution in [2.75, 3.05) is 7.05 Å². The van der Waals surface area contributed by atoms with Gasteiger partial charge in [-0.25, -0.2) is 4.79 Å². The van der Waals surface area contributed by atoms with Gasteiger partial charge in [0.25, 0.3) is 5.91 Å². The number of imide groups is 1. The second-order valence-corrected chi connectivity index (χ2v) is 7.33. The lowest BCUT2D eigenvalue weighted by molar-refractivity contribution is -0.140. The highest BCUT2D eigenvalue weighted by molar-refractivity contribution is 6.05. The standard InChI is InChI=1S/C15H25N3O3/c1-9-6-11(8-15(3,4)7-9)12(19)16-18-13(20)10(2)17(5)14(18)21/h9-11H,6-8H2,1-5H3,(H,16,19). The van der Waals surface area contributed by atoms with Gasteiger partial charge >= 0.3 is 6.03 Å². The summed E-state index contributed by atoms with van der Waals surface area (Å²) in [6.07, 6.45) is 2.68. The average molecular weight is 295 g/mol. The Labute approximate surface area is 125 Å². The van der Waals surface area contributed by atoms with Crippen molar-refractivity contribution in [2.24, 2.45) is 17.3 Å². The van der Waals surface area contributed by atoms with Crippen molar-refractivity contribution in [1.82, 2.24) is 15.3 Å². The summed E-state index contributed by atoms with van der Waals surface area (Å²) in [7, 11) is 1.56. The molecule has 3 unspecified atom stereocenters. The maximum Gasteiger partial charge on any atom is 0.346 e. The third kappa shape index (κ3) is 3.04. The van der Waals surface area contributed by atoms with E-state index in [4.69, 9.17) is 0 Å². The van der Waals surface area contributed by atoms with Crippen LogP contribution < -0.4 is 5.43 Å². The molecular formula is C15H25N3O3. The summed E-state index contributed by atoms with van der Waals surface area (Å²) in [4.78, 5) is 37.7. The average Bonchev–Trinajstić information content (AvgIpc) is 2.54. The number of carbonyl (C=O) groups excluding carboxylic acids is 3. The van der Waals surface area contributed by atoms with Crippen LogP contribution in [-0.2, 0) is 9.59 Å². The van der Waals surface area contributed by atoms with E-state index in [0.29, 0.717) is 5.92 Å². The van der Waals surface area contributed by atoms with Gasteiger partial charge in [-0.3, -0.25) is 15.0 Å². The fourth-order valence-corrected chi connectivity index (χ4v) is 3.62. The maximum absolute atomic E-state index is 12.4. The first-order valence-electron chi connectivity index (χ1n) is 7.53. The molecule has 1 aliphatic heterocycles. The Morgan fingerprint density at radius 2 is 1.86 bits per heavy atom. The van der Waals surface area contributed by atoms with E-state index >= 15 is 0 Å². The number of carbonyl (C=O) groups is 3. The van der Waals surface area contributed by atoms with Gasteiger partial charge in [-0.05, 0) is 37.5 Å². The number of hydrogen-bond donors (Lipinski definition) is 1. The van der Waals surface area contributed by atoms with Gasteiger partial charge in [0.1, 0.15) is 6.04 Å². The fraction of sp³-hybridized carbons (Fsp3) is 0.800. The Kier molecular flexibility index (Phi) is 4.00. The lowest BCUT2D eigenvalue weighted by Gasteiger charge is -2.38. The summed E-state index contributed by atoms with van der Waals surface area (Å²) in [5.41, 5.74) is 2.63. The second kappa shape index (κ2) is 5.31. The topological polar surface area (TPSA) is 69.7 Å². The molecule has 3 atom stereocenters. The molecule has 1 N–H and O–H groups in total. The van der Waals surface area contributed by atoms with Crippen LogP contribution in [0.1, 0.15) is 47.0 Å². The predicted octanol–water partition coefficient (Wildman–Crippen LogP) is 1.76. The Hall–Kier alpha value is -1.59. The quantitative estimate of drug-likeness (QED) is 0.789. The molecule has 21 heavy (non-hydrogen) atoms. The molecule has 0 spiro atoms. The second-order valence-electron chi connectivity index (χ2n) is 7.33. The largest absolute Gasteiger partial charge is 0.346 e. The van der Waals surface area contributed by atoms with E-state index in [9.17, 15) is 14.4 Å². The van der Waals surface area contributed by atoms with Crippen molar-refractivity contribution in [3.8, 4) is 0 Å². The SMILES string of the molecule is CC1CC(C(=O)NN2C(=O)C(C)N(C)C2=O)CC(C)(C)C1. The number of nitrogens with zero attached hydrogens (tertiary/aromatic N) is 2. The molecule has 2 aliphatic rings. The number of likely N-dealkylation sites (N-methyl/N-ethyl adjacent to an activating group) is 1. The molecule has 1 aliphatic carbocycles. The van der Waals surface area contributed by atoms with E-state index in [0.717, 1.165) is 24.3 Å². The highest BCUT2D eigenvalue weighted by Crippen LogP contribution is 2.41. The molecular weight excluding hydrogens is 270 g/mol. The first kappa shape index (κ1) is 15.8. The van der Waals surface area contributed by atoms with Gasteiger partial charge in [0.15, 0.2) is 0 Å². The summed E-state index contributed by atoms with van der Waals surface area (Å²) in [6.45, 7) is 8.11. The van der Waals surface area contributed by atoms with Crippen molar-refractivity contribution in [3.63, 3.8) is 0 Å². The van der Waals surface area contributed by atoms with Crippen LogP contribution in [0, 0.1) is 17.3 Å². The van der Waals surface area contributed by atoms with E-state index in [1.807, 2.05) is 0 Å². The lowest BCUT2D eigenvalue weighted by Crippen LogP contribution is -2.50. The molecule has 0 aromatic heterocycles. The Bertz CT molecular complexity index is 455. The van der Waals surface area contributed by atoms with Crippen LogP contribution in [0.4, 0.5) is 4.79 Å². The molecule has 6 heteroatoms. The van der Waals surface area contributed by atoms with Crippen LogP contribution in [0.25, 0.3) is 0 Å². The minimum atomic E-state index is -0.528. The number of amides is 4. The summed E-state index contributed by atoms with van der Waals surface area (Å²) in [6, 6.07) is -0.997. The number of hydrazine groups is 1. The van der Waals surface area contributed by atoms with Gasteiger partial charge in [-0.15, -0.1) is 0 Å². The van der Waals surface area contributed by atoms with E-state index < -0.39 is 12.1 Å². The molecule has 0 aromatic carbocycles. The smallest absolute Gasteiger partial charge is 0.314 e. The molecule has 1 heterocycles. The molecule has 1 saturated carbocycles. The molecule has 0 radical (unpaired) electrons. The van der Waals surface area contributed by atoms with Crippen molar-refractivity contribution in [3.05, 3.63) is 0 Å². The van der Waals surface area contributed by atoms with Crippen LogP contribution in [0.15, 0.2) is 0 Å². The molecule has 2 rings (SSSR count). The predicted molar refractivity (Wildman–Crippen MR) is 77.9 cm³/mol. The number of rotatable bonds is 2. The third-order valence-corrected chi connectivity index (χ3v) is 4.63. The monoisotopic (exact) mass is 295 g/mol. The zero-order chi connectivity index (χ0) is 15.9. The van der Waals surface area contributed by atoms with Gasteiger partial charge < -0.3 is 4.90 Å². The van der Waals surface area contributed by atoms with Crippen LogP contribution in [-0.4, -0.2) is 40.8 Å². The number of hydrogen-bond acceptors (Lipinski definition) is 3. The van der Waals surface area contributed by atoms with E-state index in [1.54, 1.807) is 14.0 Å². The summed E-state index contributed by atoms with van der Waals surface area (Å²) >= 11 is 0. The van der Waals surface area contributed by atoms with Crippen LogP contribution in [0.3, 0.4) is 0 Å². The number of urea groups is 1. The zero-order valence-corrected chi connectivity index (χ0v) is 13.5. The normalized spacial score (nSPS) is 32.5. The Morgan fingerprint density at radius 3 is 2.33 bits per heavy atom. The molecule has 4 amide bonds. The highest BCUT2D eigenvalue weighted by atomic mass is 16.2. The number of nitrogens with one attached hydrogen (secondary N) is 1. The summed E-state index contributed by atoms with van der Waals surface area (Å²) in [5, 5.41) is 0.860. The van der Waals surface area contributed by atoms with E-state index in [2.05, 4.69) is 26.2 Å². The van der Waals surface area contributed by atoms with Crippen LogP contribution >= 0.6 is 0 Å². The molecule has 118 valence electrons. The van der Waals surface area contributed by atoms with Crippen LogP contribution in [0.2, 0.25) is 0 Å². The van der Waals surface area contributed by atoms with Gasteiger partial charge in [0.05, 0.1) is 0 Å². The molecule has 0 bridgehead atoms. The summed E-state index contributed by atoms with van der Waals surface area (Å²) in [5.74, 6) is -0.278. The minimum Gasteiger partial charge on any atom is -0.314 e. The third-order valence-electron chi connectivity index (χ3n) is 4.63. The highest BCUT2D eigenvalue weighted by Gasteiger charge is 2.43. The van der Waals surface area contributed by atoms with Crippen molar-refractivity contribution in [2.45, 2.75) is 53.0 Å². The zero-order valence-electron chi connectivity index (χ0n) is 13.5. The molecule has 2 fully saturated rings. The first-order chi connectivity index (χ1) is 9.62. The fourth-order valence-electron chi connectivity index (χ4n) is 3.62. The maximum atomic E-state index is 12.4. The van der Waals surface area contributed by atoms with Crippen LogP contribution in [0.5, 0.6) is 0 Å². The van der Waals surface area contributed by atoms with Crippen molar-refractivity contribution < 1.29 is 14.4 Å². The van der Waals surface area contributed by atoms with Crippen molar-refractivity contribution >= 4 is 17.8 Å². The molecule has 1 saturated heterocycles. The van der Waals surface area contributed by atoms with Gasteiger partial charge in [0.2, 0.25) is 5.91 Å². The molecule has 6 nitrogen and oxygen atoms in total. The Balaban J connectivity index is 2.05. The molecule has 0 aromatic rings.